The summed E-state index contributed by atoms with van der Waals surface area (Å²) in [5.41, 5.74) is -0.930. The van der Waals surface area contributed by atoms with Crippen molar-refractivity contribution in [1.82, 2.24) is 29.3 Å². The first-order valence-corrected chi connectivity index (χ1v) is 13.4. The number of pyridine rings is 1. The average Bonchev–Trinajstić information content (AvgIpc) is 3.52. The second kappa shape index (κ2) is 10.4. The van der Waals surface area contributed by atoms with Gasteiger partial charge < -0.3 is 9.64 Å². The van der Waals surface area contributed by atoms with Gasteiger partial charge in [0.05, 0.1) is 27.8 Å². The van der Waals surface area contributed by atoms with Gasteiger partial charge in [-0.1, -0.05) is 6.92 Å². The molecule has 4 heterocycles. The maximum absolute atomic E-state index is 13.4. The van der Waals surface area contributed by atoms with Crippen LogP contribution in [0, 0.1) is 18.3 Å². The summed E-state index contributed by atoms with van der Waals surface area (Å²) in [7, 11) is 1.83. The molecule has 0 spiro atoms. The highest BCUT2D eigenvalue weighted by atomic mass is 32.2. The van der Waals surface area contributed by atoms with Crippen LogP contribution in [0.1, 0.15) is 57.1 Å². The molecule has 1 fully saturated rings. The quantitative estimate of drug-likeness (QED) is 0.369. The Labute approximate surface area is 230 Å². The highest BCUT2D eigenvalue weighted by Crippen LogP contribution is 2.39. The van der Waals surface area contributed by atoms with Crippen LogP contribution < -0.4 is 14.4 Å². The number of rotatable bonds is 8. The number of alkyl halides is 3. The van der Waals surface area contributed by atoms with Crippen LogP contribution in [0.25, 0.3) is 5.82 Å². The zero-order valence-electron chi connectivity index (χ0n) is 23.1. The molecule has 0 unspecified atom stereocenters. The maximum atomic E-state index is 13.4. The van der Waals surface area contributed by atoms with Gasteiger partial charge in [-0.25, -0.2) is 9.67 Å². The molecular weight excluding hydrogens is 531 g/mol. The van der Waals surface area contributed by atoms with Crippen LogP contribution in [0.2, 0.25) is 0 Å². The van der Waals surface area contributed by atoms with Gasteiger partial charge in [-0.3, -0.25) is 14.2 Å². The topological polar surface area (TPSA) is 90.1 Å². The van der Waals surface area contributed by atoms with Gasteiger partial charge in [0, 0.05) is 31.4 Å². The molecule has 1 aliphatic heterocycles. The van der Waals surface area contributed by atoms with E-state index in [0.717, 1.165) is 37.4 Å². The number of carbonyl (C=O) groups excluding carboxylic acids is 1. The smallest absolute Gasteiger partial charge is 0.397 e. The lowest BCUT2D eigenvalue weighted by atomic mass is 9.94. The van der Waals surface area contributed by atoms with Crippen molar-refractivity contribution in [2.24, 2.45) is 18.4 Å². The molecule has 212 valence electrons. The lowest BCUT2D eigenvalue weighted by Crippen LogP contribution is -2.40. The summed E-state index contributed by atoms with van der Waals surface area (Å²) in [6.07, 6.45) is -0.212. The van der Waals surface area contributed by atoms with Gasteiger partial charge in [0.1, 0.15) is 12.4 Å². The van der Waals surface area contributed by atoms with Crippen LogP contribution in [0.5, 0.6) is 5.88 Å². The molecule has 0 bridgehead atoms. The fraction of sp³-hybridized carbons (Fsp3) is 0.538. The van der Waals surface area contributed by atoms with Gasteiger partial charge in [0.15, 0.2) is 5.82 Å². The number of hydrogen-bond donors (Lipinski definition) is 1. The molecule has 0 aromatic carbocycles. The van der Waals surface area contributed by atoms with Gasteiger partial charge in [-0.05, 0) is 71.0 Å². The molecule has 13 heteroatoms. The Morgan fingerprint density at radius 3 is 2.56 bits per heavy atom. The third-order valence-electron chi connectivity index (χ3n) is 7.03. The number of hydrogen-bond acceptors (Lipinski definition) is 7. The Morgan fingerprint density at radius 1 is 1.26 bits per heavy atom. The molecule has 39 heavy (non-hydrogen) atoms. The van der Waals surface area contributed by atoms with E-state index >= 15 is 0 Å². The lowest BCUT2D eigenvalue weighted by Gasteiger charge is -2.34. The molecule has 0 radical (unpaired) electrons. The van der Waals surface area contributed by atoms with Gasteiger partial charge in [0.25, 0.3) is 5.91 Å². The third kappa shape index (κ3) is 6.02. The second-order valence-electron chi connectivity index (χ2n) is 11.3. The number of anilines is 1. The molecule has 0 aliphatic carbocycles. The average molecular weight is 566 g/mol. The van der Waals surface area contributed by atoms with Crippen LogP contribution >= 0.6 is 11.9 Å². The minimum Gasteiger partial charge on any atom is -0.476 e. The highest BCUT2D eigenvalue weighted by molar-refractivity contribution is 7.98. The van der Waals surface area contributed by atoms with Gasteiger partial charge >= 0.3 is 6.18 Å². The van der Waals surface area contributed by atoms with E-state index in [1.807, 2.05) is 14.0 Å². The largest absolute Gasteiger partial charge is 0.476 e. The van der Waals surface area contributed by atoms with E-state index in [1.165, 1.54) is 22.7 Å². The third-order valence-corrected chi connectivity index (χ3v) is 7.93. The van der Waals surface area contributed by atoms with Gasteiger partial charge in [-0.2, -0.15) is 18.3 Å². The van der Waals surface area contributed by atoms with Crippen molar-refractivity contribution >= 4 is 23.7 Å². The number of carbonyl (C=O) groups is 1. The second-order valence-corrected chi connectivity index (χ2v) is 12.1. The normalized spacial score (nSPS) is 17.5. The SMILES string of the molecule is Cc1c(SNC(=O)c2ccc(-n3ccc(OCC(C)(C)C(F)(F)F)n3)nc2N2C[C@@H](C)CC2(C)C)cnn1C. The summed E-state index contributed by atoms with van der Waals surface area (Å²) in [6.45, 7) is 10.6. The predicted molar refractivity (Wildman–Crippen MR) is 143 cm³/mol. The number of halogens is 3. The number of nitrogens with zero attached hydrogens (tertiary/aromatic N) is 6. The van der Waals surface area contributed by atoms with E-state index in [2.05, 4.69) is 40.6 Å². The molecule has 3 aromatic rings. The number of aryl methyl sites for hydroxylation is 1. The number of nitrogens with one attached hydrogen (secondary N) is 1. The van der Waals surface area contributed by atoms with Crippen molar-refractivity contribution < 1.29 is 22.7 Å². The first-order chi connectivity index (χ1) is 18.1. The fourth-order valence-corrected chi connectivity index (χ4v) is 5.18. The van der Waals surface area contributed by atoms with Crippen molar-refractivity contribution in [3.8, 4) is 11.7 Å². The maximum Gasteiger partial charge on any atom is 0.397 e. The standard InChI is InChI=1S/C26H34F3N7O2S/c1-16-12-25(5,6)35(14-16)22-18(23(37)33-39-19-13-30-34(7)17(19)2)8-9-20(31-22)36-11-10-21(32-36)38-15-24(3,4)26(27,28)29/h8-11,13,16H,12,14-15H2,1-7H3,(H,33,37)/t16-/m0/s1. The first kappa shape index (κ1) is 28.8. The lowest BCUT2D eigenvalue weighted by molar-refractivity contribution is -0.219. The summed E-state index contributed by atoms with van der Waals surface area (Å²) in [5.74, 6) is 1.08. The summed E-state index contributed by atoms with van der Waals surface area (Å²) >= 11 is 1.19. The molecule has 1 amide bonds. The summed E-state index contributed by atoms with van der Waals surface area (Å²) < 4.78 is 51.0. The summed E-state index contributed by atoms with van der Waals surface area (Å²) in [5, 5.41) is 8.49. The first-order valence-electron chi connectivity index (χ1n) is 12.6. The van der Waals surface area contributed by atoms with Crippen molar-refractivity contribution in [2.45, 2.75) is 64.6 Å². The van der Waals surface area contributed by atoms with Crippen LogP contribution in [0.15, 0.2) is 35.5 Å². The number of ether oxygens (including phenoxy) is 1. The zero-order chi connectivity index (χ0) is 28.8. The number of amides is 1. The molecule has 1 saturated heterocycles. The Hall–Kier alpha value is -3.22. The Balaban J connectivity index is 1.61. The molecular formula is C26H34F3N7O2S. The van der Waals surface area contributed by atoms with Crippen LogP contribution in [0.3, 0.4) is 0 Å². The highest BCUT2D eigenvalue weighted by Gasteiger charge is 2.48. The van der Waals surface area contributed by atoms with Gasteiger partial charge in [-0.15, -0.1) is 5.10 Å². The van der Waals surface area contributed by atoms with E-state index in [1.54, 1.807) is 29.2 Å². The molecule has 1 atom stereocenters. The van der Waals surface area contributed by atoms with E-state index in [4.69, 9.17) is 9.72 Å². The Bertz CT molecular complexity index is 1350. The zero-order valence-corrected chi connectivity index (χ0v) is 23.9. The van der Waals surface area contributed by atoms with Crippen molar-refractivity contribution in [1.29, 1.82) is 0 Å². The van der Waals surface area contributed by atoms with E-state index in [-0.39, 0.29) is 17.3 Å². The molecule has 9 nitrogen and oxygen atoms in total. The number of aromatic nitrogens is 5. The fourth-order valence-electron chi connectivity index (χ4n) is 4.49. The van der Waals surface area contributed by atoms with E-state index in [0.29, 0.717) is 23.1 Å². The summed E-state index contributed by atoms with van der Waals surface area (Å²) in [6, 6.07) is 4.84. The monoisotopic (exact) mass is 565 g/mol. The molecule has 1 N–H and O–H groups in total. The molecule has 4 rings (SSSR count). The molecule has 0 saturated carbocycles. The van der Waals surface area contributed by atoms with E-state index in [9.17, 15) is 18.0 Å². The minimum atomic E-state index is -4.41. The Morgan fingerprint density at radius 2 is 1.97 bits per heavy atom. The van der Waals surface area contributed by atoms with Crippen LogP contribution in [-0.2, 0) is 7.05 Å². The predicted octanol–water partition coefficient (Wildman–Crippen LogP) is 5.34. The summed E-state index contributed by atoms with van der Waals surface area (Å²) in [4.78, 5) is 21.1. The van der Waals surface area contributed by atoms with Gasteiger partial charge in [0.2, 0.25) is 5.88 Å². The van der Waals surface area contributed by atoms with Crippen LogP contribution in [0.4, 0.5) is 19.0 Å². The van der Waals surface area contributed by atoms with Crippen molar-refractivity contribution in [2.75, 3.05) is 18.1 Å². The van der Waals surface area contributed by atoms with Crippen LogP contribution in [-0.4, -0.2) is 55.3 Å². The molecule has 1 aliphatic rings. The van der Waals surface area contributed by atoms with E-state index < -0.39 is 18.2 Å². The minimum absolute atomic E-state index is 0.0517. The Kier molecular flexibility index (Phi) is 7.67. The van der Waals surface area contributed by atoms with Crippen molar-refractivity contribution in [3.05, 3.63) is 41.9 Å². The molecule has 3 aromatic heterocycles. The van der Waals surface area contributed by atoms with Crippen molar-refractivity contribution in [3.63, 3.8) is 0 Å².